The highest BCUT2D eigenvalue weighted by Crippen LogP contribution is 2.31. The molecule has 158 valence electrons. The van der Waals surface area contributed by atoms with E-state index in [4.69, 9.17) is 0 Å². The Bertz CT molecular complexity index is 1160. The first-order valence-electron chi connectivity index (χ1n) is 9.21. The van der Waals surface area contributed by atoms with Crippen molar-refractivity contribution >= 4 is 33.0 Å². The standard InChI is InChI=1S/C18H19FN6O3S2/c1-24-10-15(20-11-24)30(27,28)25-8-2-3-12(9-25)17-22-23-18(29-17)16(26)21-14-6-4-13(19)5-7-14/h4-7,10-12H,2-3,8-9H2,1H3,(H,21,26). The lowest BCUT2D eigenvalue weighted by atomic mass is 10.0. The molecule has 3 heterocycles. The Kier molecular flexibility index (Phi) is 5.62. The molecule has 30 heavy (non-hydrogen) atoms. The van der Waals surface area contributed by atoms with Crippen LogP contribution < -0.4 is 5.32 Å². The third-order valence-electron chi connectivity index (χ3n) is 4.76. The predicted octanol–water partition coefficient (Wildman–Crippen LogP) is 2.23. The molecule has 0 radical (unpaired) electrons. The first-order valence-corrected chi connectivity index (χ1v) is 11.5. The van der Waals surface area contributed by atoms with Crippen molar-refractivity contribution in [2.24, 2.45) is 7.05 Å². The number of aryl methyl sites for hydroxylation is 1. The van der Waals surface area contributed by atoms with Crippen LogP contribution in [0.15, 0.2) is 41.8 Å². The predicted molar refractivity (Wildman–Crippen MR) is 108 cm³/mol. The van der Waals surface area contributed by atoms with E-state index < -0.39 is 21.7 Å². The zero-order valence-corrected chi connectivity index (χ0v) is 17.7. The van der Waals surface area contributed by atoms with Crippen molar-refractivity contribution in [2.75, 3.05) is 18.4 Å². The van der Waals surface area contributed by atoms with Gasteiger partial charge in [-0.15, -0.1) is 10.2 Å². The number of amides is 1. The van der Waals surface area contributed by atoms with Crippen LogP contribution in [0.5, 0.6) is 0 Å². The van der Waals surface area contributed by atoms with Crippen molar-refractivity contribution in [1.29, 1.82) is 0 Å². The number of carbonyl (C=O) groups is 1. The fraction of sp³-hybridized carbons (Fsp3) is 0.333. The van der Waals surface area contributed by atoms with Gasteiger partial charge in [0.05, 0.1) is 6.33 Å². The molecule has 9 nitrogen and oxygen atoms in total. The maximum atomic E-state index is 13.0. The van der Waals surface area contributed by atoms with Gasteiger partial charge in [0.25, 0.3) is 15.9 Å². The summed E-state index contributed by atoms with van der Waals surface area (Å²) in [6.07, 6.45) is 4.35. The Hall–Kier alpha value is -2.70. The molecule has 0 aliphatic carbocycles. The van der Waals surface area contributed by atoms with Crippen LogP contribution in [0.4, 0.5) is 10.1 Å². The van der Waals surface area contributed by atoms with E-state index in [1.807, 2.05) is 0 Å². The molecule has 1 aliphatic rings. The summed E-state index contributed by atoms with van der Waals surface area (Å²) in [7, 11) is -1.97. The minimum Gasteiger partial charge on any atom is -0.339 e. The van der Waals surface area contributed by atoms with Gasteiger partial charge in [0.15, 0.2) is 5.03 Å². The van der Waals surface area contributed by atoms with Crippen molar-refractivity contribution in [3.05, 3.63) is 52.6 Å². The third kappa shape index (κ3) is 4.25. The molecule has 0 saturated carbocycles. The molecule has 1 aromatic carbocycles. The van der Waals surface area contributed by atoms with Crippen LogP contribution in [0, 0.1) is 5.82 Å². The number of benzene rings is 1. The number of anilines is 1. The molecule has 12 heteroatoms. The monoisotopic (exact) mass is 450 g/mol. The molecule has 0 bridgehead atoms. The quantitative estimate of drug-likeness (QED) is 0.638. The van der Waals surface area contributed by atoms with Gasteiger partial charge >= 0.3 is 0 Å². The second kappa shape index (κ2) is 8.20. The normalized spacial score (nSPS) is 17.7. The van der Waals surface area contributed by atoms with Crippen LogP contribution in [0.1, 0.15) is 33.6 Å². The minimum absolute atomic E-state index is 0.0160. The summed E-state index contributed by atoms with van der Waals surface area (Å²) < 4.78 is 41.7. The molecular formula is C18H19FN6O3S2. The number of nitrogens with one attached hydrogen (secondary N) is 1. The van der Waals surface area contributed by atoms with Crippen LogP contribution in [-0.4, -0.2) is 51.5 Å². The van der Waals surface area contributed by atoms with E-state index in [9.17, 15) is 17.6 Å². The molecule has 1 saturated heterocycles. The molecule has 3 aromatic rings. The average molecular weight is 451 g/mol. The first kappa shape index (κ1) is 20.6. The Labute approximate surface area is 176 Å². The summed E-state index contributed by atoms with van der Waals surface area (Å²) in [5.74, 6) is -0.991. The van der Waals surface area contributed by atoms with E-state index in [2.05, 4.69) is 20.5 Å². The van der Waals surface area contributed by atoms with E-state index in [0.717, 1.165) is 17.8 Å². The number of halogens is 1. The molecule has 1 unspecified atom stereocenters. The summed E-state index contributed by atoms with van der Waals surface area (Å²) in [5.41, 5.74) is 0.448. The molecule has 2 aromatic heterocycles. The van der Waals surface area contributed by atoms with Crippen molar-refractivity contribution in [1.82, 2.24) is 24.1 Å². The third-order valence-corrected chi connectivity index (χ3v) is 7.59. The molecule has 1 aliphatic heterocycles. The fourth-order valence-electron chi connectivity index (χ4n) is 3.23. The molecule has 1 atom stereocenters. The van der Waals surface area contributed by atoms with Gasteiger partial charge in [0.2, 0.25) is 5.01 Å². The first-order chi connectivity index (χ1) is 14.3. The van der Waals surface area contributed by atoms with Crippen LogP contribution >= 0.6 is 11.3 Å². The maximum absolute atomic E-state index is 13.0. The second-order valence-corrected chi connectivity index (χ2v) is 9.88. The van der Waals surface area contributed by atoms with E-state index in [0.29, 0.717) is 23.7 Å². The van der Waals surface area contributed by atoms with E-state index in [1.165, 1.54) is 41.1 Å². The summed E-state index contributed by atoms with van der Waals surface area (Å²) in [6, 6.07) is 5.41. The Morgan fingerprint density at radius 3 is 2.73 bits per heavy atom. The van der Waals surface area contributed by atoms with Gasteiger partial charge < -0.3 is 9.88 Å². The highest BCUT2D eigenvalue weighted by molar-refractivity contribution is 7.89. The fourth-order valence-corrected chi connectivity index (χ4v) is 5.58. The van der Waals surface area contributed by atoms with Crippen LogP contribution in [0.25, 0.3) is 0 Å². The Morgan fingerprint density at radius 2 is 2.03 bits per heavy atom. The zero-order valence-electron chi connectivity index (χ0n) is 16.0. The maximum Gasteiger partial charge on any atom is 0.286 e. The lowest BCUT2D eigenvalue weighted by Crippen LogP contribution is -2.39. The van der Waals surface area contributed by atoms with Gasteiger partial charge in [0.1, 0.15) is 10.8 Å². The van der Waals surface area contributed by atoms with Crippen molar-refractivity contribution in [2.45, 2.75) is 23.8 Å². The number of piperidine rings is 1. The number of hydrogen-bond acceptors (Lipinski definition) is 7. The number of carbonyl (C=O) groups excluding carboxylic acids is 1. The molecular weight excluding hydrogens is 431 g/mol. The SMILES string of the molecule is Cn1cnc(S(=O)(=O)N2CCCC(c3nnc(C(=O)Nc4ccc(F)cc4)s3)C2)c1. The average Bonchev–Trinajstić information content (AvgIpc) is 3.40. The minimum atomic E-state index is -3.69. The van der Waals surface area contributed by atoms with Crippen molar-refractivity contribution < 1.29 is 17.6 Å². The second-order valence-electron chi connectivity index (χ2n) is 6.99. The summed E-state index contributed by atoms with van der Waals surface area (Å²) in [5, 5.41) is 11.5. The highest BCUT2D eigenvalue weighted by Gasteiger charge is 2.34. The smallest absolute Gasteiger partial charge is 0.286 e. The van der Waals surface area contributed by atoms with Crippen LogP contribution in [0.3, 0.4) is 0 Å². The van der Waals surface area contributed by atoms with Gasteiger partial charge in [-0.25, -0.2) is 17.8 Å². The number of nitrogens with zero attached hydrogens (tertiary/aromatic N) is 5. The van der Waals surface area contributed by atoms with Crippen LogP contribution in [0.2, 0.25) is 0 Å². The van der Waals surface area contributed by atoms with Gasteiger partial charge in [0, 0.05) is 37.9 Å². The Balaban J connectivity index is 1.46. The summed E-state index contributed by atoms with van der Waals surface area (Å²) in [6.45, 7) is 0.666. The molecule has 1 N–H and O–H groups in total. The number of sulfonamides is 1. The Morgan fingerprint density at radius 1 is 1.27 bits per heavy atom. The van der Waals surface area contributed by atoms with Crippen molar-refractivity contribution in [3.63, 3.8) is 0 Å². The van der Waals surface area contributed by atoms with Gasteiger partial charge in [-0.1, -0.05) is 11.3 Å². The number of rotatable bonds is 5. The van der Waals surface area contributed by atoms with E-state index in [-0.39, 0.29) is 22.5 Å². The largest absolute Gasteiger partial charge is 0.339 e. The van der Waals surface area contributed by atoms with E-state index >= 15 is 0 Å². The van der Waals surface area contributed by atoms with Crippen LogP contribution in [-0.2, 0) is 17.1 Å². The van der Waals surface area contributed by atoms with E-state index in [1.54, 1.807) is 11.6 Å². The summed E-state index contributed by atoms with van der Waals surface area (Å²) in [4.78, 5) is 16.4. The lowest BCUT2D eigenvalue weighted by Gasteiger charge is -2.30. The topological polar surface area (TPSA) is 110 Å². The highest BCUT2D eigenvalue weighted by atomic mass is 32.2. The molecule has 1 amide bonds. The number of hydrogen-bond donors (Lipinski definition) is 1. The number of imidazole rings is 1. The van der Waals surface area contributed by atoms with Gasteiger partial charge in [-0.05, 0) is 37.1 Å². The zero-order chi connectivity index (χ0) is 21.3. The van der Waals surface area contributed by atoms with Crippen molar-refractivity contribution in [3.8, 4) is 0 Å². The molecule has 0 spiro atoms. The van der Waals surface area contributed by atoms with Gasteiger partial charge in [-0.2, -0.15) is 4.31 Å². The van der Waals surface area contributed by atoms with Gasteiger partial charge in [-0.3, -0.25) is 4.79 Å². The molecule has 4 rings (SSSR count). The molecule has 1 fully saturated rings. The lowest BCUT2D eigenvalue weighted by molar-refractivity contribution is 0.102. The summed E-state index contributed by atoms with van der Waals surface area (Å²) >= 11 is 1.13. The number of aromatic nitrogens is 4.